The Hall–Kier alpha value is -1.03. The molecule has 21 heavy (non-hydrogen) atoms. The molecule has 0 bridgehead atoms. The molecule has 3 nitrogen and oxygen atoms in total. The molecule has 0 spiro atoms. The number of carbonyl (C=O) groups is 1. The summed E-state index contributed by atoms with van der Waals surface area (Å²) in [5, 5.41) is 12.8. The lowest BCUT2D eigenvalue weighted by molar-refractivity contribution is 0.0697. The standard InChI is InChI=1S/C17H24BrNO2/c1-16(2)8-12(9-17(3,4)10-16)19-14-6-5-11(18)7-13(14)15(20)21/h5-7,12,19H,8-10H2,1-4H3,(H,20,21). The zero-order valence-corrected chi connectivity index (χ0v) is 14.8. The number of carboxylic acid groups (broad SMARTS) is 1. The second-order valence-corrected chi connectivity index (χ2v) is 8.67. The molecule has 116 valence electrons. The molecule has 4 heteroatoms. The quantitative estimate of drug-likeness (QED) is 0.788. The Morgan fingerprint density at radius 3 is 2.33 bits per heavy atom. The van der Waals surface area contributed by atoms with Gasteiger partial charge in [0.05, 0.1) is 5.56 Å². The topological polar surface area (TPSA) is 49.3 Å². The molecule has 2 rings (SSSR count). The van der Waals surface area contributed by atoms with Crippen molar-refractivity contribution >= 4 is 27.6 Å². The fraction of sp³-hybridized carbons (Fsp3) is 0.588. The summed E-state index contributed by atoms with van der Waals surface area (Å²) in [6, 6.07) is 5.70. The number of nitrogens with one attached hydrogen (secondary N) is 1. The van der Waals surface area contributed by atoms with Crippen molar-refractivity contribution in [1.29, 1.82) is 0 Å². The van der Waals surface area contributed by atoms with Gasteiger partial charge < -0.3 is 10.4 Å². The van der Waals surface area contributed by atoms with Gasteiger partial charge >= 0.3 is 5.97 Å². The molecule has 0 aliphatic heterocycles. The molecular formula is C17H24BrNO2. The third kappa shape index (κ3) is 4.22. The van der Waals surface area contributed by atoms with Gasteiger partial charge in [-0.15, -0.1) is 0 Å². The molecule has 1 aliphatic carbocycles. The number of anilines is 1. The van der Waals surface area contributed by atoms with Crippen LogP contribution in [-0.4, -0.2) is 17.1 Å². The normalized spacial score (nSPS) is 21.0. The monoisotopic (exact) mass is 353 g/mol. The summed E-state index contributed by atoms with van der Waals surface area (Å²) in [6.45, 7) is 9.18. The molecule has 1 aromatic carbocycles. The lowest BCUT2D eigenvalue weighted by Gasteiger charge is -2.45. The maximum Gasteiger partial charge on any atom is 0.337 e. The first-order chi connectivity index (χ1) is 9.58. The molecule has 1 aliphatic rings. The van der Waals surface area contributed by atoms with Gasteiger partial charge in [-0.2, -0.15) is 0 Å². The maximum absolute atomic E-state index is 11.4. The van der Waals surface area contributed by atoms with Crippen molar-refractivity contribution in [3.63, 3.8) is 0 Å². The SMILES string of the molecule is CC1(C)CC(Nc2ccc(Br)cc2C(=O)O)CC(C)(C)C1. The average molecular weight is 354 g/mol. The van der Waals surface area contributed by atoms with Crippen molar-refractivity contribution in [2.24, 2.45) is 10.8 Å². The summed E-state index contributed by atoms with van der Waals surface area (Å²) in [4.78, 5) is 11.4. The van der Waals surface area contributed by atoms with Crippen LogP contribution in [0, 0.1) is 10.8 Å². The van der Waals surface area contributed by atoms with E-state index in [1.807, 2.05) is 12.1 Å². The number of hydrogen-bond acceptors (Lipinski definition) is 2. The average Bonchev–Trinajstić information content (AvgIpc) is 2.27. The van der Waals surface area contributed by atoms with Gasteiger partial charge in [0.15, 0.2) is 0 Å². The van der Waals surface area contributed by atoms with Crippen LogP contribution in [0.3, 0.4) is 0 Å². The molecule has 0 atom stereocenters. The molecule has 0 aromatic heterocycles. The number of halogens is 1. The molecule has 0 amide bonds. The van der Waals surface area contributed by atoms with E-state index < -0.39 is 5.97 Å². The second kappa shape index (κ2) is 5.64. The van der Waals surface area contributed by atoms with E-state index in [1.165, 1.54) is 6.42 Å². The Labute approximate surface area is 135 Å². The van der Waals surface area contributed by atoms with Crippen LogP contribution in [0.5, 0.6) is 0 Å². The van der Waals surface area contributed by atoms with Crippen LogP contribution in [0.25, 0.3) is 0 Å². The molecule has 0 heterocycles. The van der Waals surface area contributed by atoms with Gasteiger partial charge in [-0.3, -0.25) is 0 Å². The van der Waals surface area contributed by atoms with Gasteiger partial charge in [0, 0.05) is 16.2 Å². The van der Waals surface area contributed by atoms with Crippen LogP contribution in [0.1, 0.15) is 57.3 Å². The number of aromatic carboxylic acids is 1. The van der Waals surface area contributed by atoms with Crippen molar-refractivity contribution in [3.05, 3.63) is 28.2 Å². The van der Waals surface area contributed by atoms with Gasteiger partial charge in [-0.1, -0.05) is 43.6 Å². The van der Waals surface area contributed by atoms with Crippen molar-refractivity contribution in [2.45, 2.75) is 53.0 Å². The van der Waals surface area contributed by atoms with Gasteiger partial charge in [0.1, 0.15) is 0 Å². The number of carboxylic acids is 1. The Bertz CT molecular complexity index is 536. The summed E-state index contributed by atoms with van der Waals surface area (Å²) in [5.41, 5.74) is 1.59. The molecule has 1 aromatic rings. The van der Waals surface area contributed by atoms with E-state index in [2.05, 4.69) is 48.9 Å². The molecule has 0 saturated heterocycles. The van der Waals surface area contributed by atoms with E-state index >= 15 is 0 Å². The summed E-state index contributed by atoms with van der Waals surface area (Å²) in [6.07, 6.45) is 3.32. The molecular weight excluding hydrogens is 330 g/mol. The summed E-state index contributed by atoms with van der Waals surface area (Å²) < 4.78 is 0.787. The van der Waals surface area contributed by atoms with E-state index in [0.29, 0.717) is 17.3 Å². The Morgan fingerprint density at radius 2 is 1.81 bits per heavy atom. The molecule has 1 saturated carbocycles. The predicted octanol–water partition coefficient (Wildman–Crippen LogP) is 5.16. The second-order valence-electron chi connectivity index (χ2n) is 7.75. The van der Waals surface area contributed by atoms with Gasteiger partial charge in [-0.25, -0.2) is 4.79 Å². The summed E-state index contributed by atoms with van der Waals surface area (Å²) in [5.74, 6) is -0.895. The first-order valence-corrected chi connectivity index (χ1v) is 8.17. The van der Waals surface area contributed by atoms with Crippen molar-refractivity contribution in [2.75, 3.05) is 5.32 Å². The number of rotatable bonds is 3. The Kier molecular flexibility index (Phi) is 4.39. The highest BCUT2D eigenvalue weighted by molar-refractivity contribution is 9.10. The minimum atomic E-state index is -0.895. The zero-order valence-electron chi connectivity index (χ0n) is 13.2. The highest BCUT2D eigenvalue weighted by atomic mass is 79.9. The Balaban J connectivity index is 2.24. The van der Waals surface area contributed by atoms with Crippen LogP contribution in [0.4, 0.5) is 5.69 Å². The van der Waals surface area contributed by atoms with E-state index in [1.54, 1.807) is 6.07 Å². The molecule has 0 radical (unpaired) electrons. The largest absolute Gasteiger partial charge is 0.478 e. The first kappa shape index (κ1) is 16.3. The lowest BCUT2D eigenvalue weighted by Crippen LogP contribution is -2.40. The number of hydrogen-bond donors (Lipinski definition) is 2. The minimum Gasteiger partial charge on any atom is -0.478 e. The van der Waals surface area contributed by atoms with E-state index in [0.717, 1.165) is 17.3 Å². The third-order valence-electron chi connectivity index (χ3n) is 4.13. The summed E-state index contributed by atoms with van der Waals surface area (Å²) in [7, 11) is 0. The van der Waals surface area contributed by atoms with Crippen LogP contribution in [0.2, 0.25) is 0 Å². The maximum atomic E-state index is 11.4. The fourth-order valence-corrected chi connectivity index (χ4v) is 4.35. The van der Waals surface area contributed by atoms with Crippen LogP contribution >= 0.6 is 15.9 Å². The highest BCUT2D eigenvalue weighted by Gasteiger charge is 2.38. The van der Waals surface area contributed by atoms with E-state index in [4.69, 9.17) is 0 Å². The lowest BCUT2D eigenvalue weighted by atomic mass is 9.63. The van der Waals surface area contributed by atoms with Crippen molar-refractivity contribution < 1.29 is 9.90 Å². The first-order valence-electron chi connectivity index (χ1n) is 7.37. The molecule has 2 N–H and O–H groups in total. The Morgan fingerprint density at radius 1 is 1.24 bits per heavy atom. The number of benzene rings is 1. The smallest absolute Gasteiger partial charge is 0.337 e. The van der Waals surface area contributed by atoms with Crippen LogP contribution < -0.4 is 5.32 Å². The van der Waals surface area contributed by atoms with Crippen molar-refractivity contribution in [1.82, 2.24) is 0 Å². The van der Waals surface area contributed by atoms with Gasteiger partial charge in [0.25, 0.3) is 0 Å². The summed E-state index contributed by atoms with van der Waals surface area (Å²) >= 11 is 3.33. The van der Waals surface area contributed by atoms with Crippen molar-refractivity contribution in [3.8, 4) is 0 Å². The van der Waals surface area contributed by atoms with Crippen LogP contribution in [-0.2, 0) is 0 Å². The fourth-order valence-electron chi connectivity index (χ4n) is 3.99. The molecule has 1 fully saturated rings. The highest BCUT2D eigenvalue weighted by Crippen LogP contribution is 2.46. The predicted molar refractivity (Wildman–Crippen MR) is 89.9 cm³/mol. The van der Waals surface area contributed by atoms with Gasteiger partial charge in [-0.05, 0) is 48.3 Å². The molecule has 0 unspecified atom stereocenters. The van der Waals surface area contributed by atoms with Gasteiger partial charge in [0.2, 0.25) is 0 Å². The van der Waals surface area contributed by atoms with Crippen LogP contribution in [0.15, 0.2) is 22.7 Å². The minimum absolute atomic E-state index is 0.276. The zero-order chi connectivity index (χ0) is 15.8. The third-order valence-corrected chi connectivity index (χ3v) is 4.62. The van der Waals surface area contributed by atoms with E-state index in [-0.39, 0.29) is 10.8 Å². The van der Waals surface area contributed by atoms with E-state index in [9.17, 15) is 9.90 Å².